The van der Waals surface area contributed by atoms with Crippen LogP contribution in [0.3, 0.4) is 0 Å². The second kappa shape index (κ2) is 8.95. The molecule has 0 amide bonds. The molecule has 0 atom stereocenters. The van der Waals surface area contributed by atoms with Gasteiger partial charge in [-0.1, -0.05) is 0 Å². The zero-order chi connectivity index (χ0) is 7.71. The molecule has 66 valence electrons. The predicted molar refractivity (Wildman–Crippen MR) is 32.3 cm³/mol. The minimum Gasteiger partial charge on any atom is 0 e. The van der Waals surface area contributed by atoms with Crippen molar-refractivity contribution < 1.29 is 76.4 Å². The summed E-state index contributed by atoms with van der Waals surface area (Å²) in [6.45, 7) is 0. The molecule has 0 bridgehead atoms. The normalized spacial score (nSPS) is 10.3. The summed E-state index contributed by atoms with van der Waals surface area (Å²) < 4.78 is 22.2. The van der Waals surface area contributed by atoms with Gasteiger partial charge in [-0.25, -0.2) is 9.13 Å². The van der Waals surface area contributed by atoms with E-state index in [1.807, 2.05) is 0 Å². The Hall–Kier alpha value is 2.69. The Morgan fingerprint density at radius 3 is 1.00 bits per heavy atom. The van der Waals surface area contributed by atoms with Crippen LogP contribution < -0.4 is 0 Å². The minimum atomic E-state index is -5.05. The van der Waals surface area contributed by atoms with Gasteiger partial charge in [0.15, 0.2) is 0 Å². The Labute approximate surface area is 120 Å². The van der Waals surface area contributed by atoms with Crippen molar-refractivity contribution in [2.24, 2.45) is 0 Å². The van der Waals surface area contributed by atoms with Crippen molar-refractivity contribution in [2.75, 3.05) is 0 Å². The van der Waals surface area contributed by atoms with Crippen molar-refractivity contribution >= 4 is 45.2 Å². The zero-order valence-corrected chi connectivity index (χ0v) is 9.82. The molecule has 0 aromatic carbocycles. The molecular weight excluding hydrogens is 293 g/mol. The van der Waals surface area contributed by atoms with Gasteiger partial charge in [-0.2, -0.15) is 4.31 Å². The molecule has 0 rings (SSSR count). The first-order valence-electron chi connectivity index (χ1n) is 1.53. The first kappa shape index (κ1) is 24.1. The van der Waals surface area contributed by atoms with Crippen LogP contribution in [0.2, 0.25) is 0 Å². The topological polar surface area (TPSA) is 124 Å². The van der Waals surface area contributed by atoms with Crippen LogP contribution in [0.25, 0.3) is 0 Å². The molecule has 0 spiro atoms. The van der Waals surface area contributed by atoms with Crippen molar-refractivity contribution in [2.45, 2.75) is 0 Å². The number of phosphoric acid groups is 2. The van der Waals surface area contributed by atoms with Gasteiger partial charge in [0.05, 0.1) is 0 Å². The Kier molecular flexibility index (Phi) is 18.0. The Bertz CT molecular complexity index is 160. The van der Waals surface area contributed by atoms with Gasteiger partial charge in [0.25, 0.3) is 0 Å². The molecule has 0 radical (unpaired) electrons. The molecule has 12 heteroatoms. The molecule has 0 aromatic rings. The average molecular weight is 298 g/mol. The summed E-state index contributed by atoms with van der Waals surface area (Å²) >= 11 is 0. The number of rotatable bonds is 2. The molecule has 7 nitrogen and oxygen atoms in total. The largest absolute Gasteiger partial charge is 0 e. The van der Waals surface area contributed by atoms with Crippen LogP contribution in [-0.2, 0) is 56.9 Å². The van der Waals surface area contributed by atoms with Crippen LogP contribution in [0.4, 0.5) is 0 Å². The maximum Gasteiger partial charge on any atom is 0 e. The Morgan fingerprint density at radius 1 is 0.833 bits per heavy atom. The predicted octanol–water partition coefficient (Wildman–Crippen LogP) is -1.47. The van der Waals surface area contributed by atoms with Crippen molar-refractivity contribution in [3.05, 3.63) is 0 Å². The fourth-order valence-electron chi connectivity index (χ4n) is 0.139. The SMILES string of the molecule is O=P(O)(O)OP(=O)(O)O.[NaH].[Ti].[Ti]. The van der Waals surface area contributed by atoms with Gasteiger partial charge >= 0.3 is 45.2 Å². The fraction of sp³-hybridized carbons (Fsp3) is 0. The van der Waals surface area contributed by atoms with Crippen molar-refractivity contribution in [1.29, 1.82) is 0 Å². The maximum atomic E-state index is 9.63. The summed E-state index contributed by atoms with van der Waals surface area (Å²) in [7, 11) is -10.1. The monoisotopic (exact) mass is 298 g/mol. The van der Waals surface area contributed by atoms with Gasteiger partial charge in [-0.15, -0.1) is 0 Å². The summed E-state index contributed by atoms with van der Waals surface area (Å²) in [6.07, 6.45) is 0. The average Bonchev–Trinajstić information content (AvgIpc) is 1.14. The Morgan fingerprint density at radius 2 is 1.00 bits per heavy atom. The van der Waals surface area contributed by atoms with Gasteiger partial charge in [0.2, 0.25) is 0 Å². The van der Waals surface area contributed by atoms with E-state index in [0.29, 0.717) is 0 Å². The van der Waals surface area contributed by atoms with Crippen LogP contribution in [0, 0.1) is 0 Å². The molecule has 12 heavy (non-hydrogen) atoms. The summed E-state index contributed by atoms with van der Waals surface area (Å²) in [5.74, 6) is 0. The van der Waals surface area contributed by atoms with Crippen LogP contribution in [0.1, 0.15) is 0 Å². The van der Waals surface area contributed by atoms with Crippen molar-refractivity contribution in [3.63, 3.8) is 0 Å². The van der Waals surface area contributed by atoms with E-state index in [-0.39, 0.29) is 73.0 Å². The molecule has 0 saturated heterocycles. The molecule has 0 saturated carbocycles. The first-order valence-corrected chi connectivity index (χ1v) is 4.59. The van der Waals surface area contributed by atoms with Crippen LogP contribution in [-0.4, -0.2) is 49.1 Å². The molecule has 0 heterocycles. The molecule has 0 unspecified atom stereocenters. The standard InChI is InChI=1S/Na.H4O7P2.2Ti.H/c;1-8(2,3)7-9(4,5)6;;;/h;(H2,1,2,3)(H2,4,5,6);;;. The minimum absolute atomic E-state index is 0. The van der Waals surface area contributed by atoms with E-state index in [9.17, 15) is 9.13 Å². The van der Waals surface area contributed by atoms with Gasteiger partial charge in [0, 0.05) is 43.4 Å². The third kappa shape index (κ3) is 23.0. The van der Waals surface area contributed by atoms with Gasteiger partial charge in [-0.05, 0) is 0 Å². The van der Waals surface area contributed by atoms with Crippen LogP contribution in [0.5, 0.6) is 0 Å². The van der Waals surface area contributed by atoms with Gasteiger partial charge in [0.1, 0.15) is 0 Å². The van der Waals surface area contributed by atoms with E-state index in [1.165, 1.54) is 0 Å². The van der Waals surface area contributed by atoms with E-state index >= 15 is 0 Å². The number of hydrogen-bond donors (Lipinski definition) is 4. The van der Waals surface area contributed by atoms with E-state index in [4.69, 9.17) is 19.6 Å². The molecular formula is H5NaO7P2Ti2. The molecule has 0 fully saturated rings. The first-order chi connectivity index (χ1) is 3.71. The second-order valence-electron chi connectivity index (χ2n) is 1.06. The van der Waals surface area contributed by atoms with Crippen molar-refractivity contribution in [3.8, 4) is 0 Å². The molecule has 0 aromatic heterocycles. The van der Waals surface area contributed by atoms with E-state index in [2.05, 4.69) is 4.31 Å². The van der Waals surface area contributed by atoms with E-state index in [0.717, 1.165) is 0 Å². The quantitative estimate of drug-likeness (QED) is 0.362. The summed E-state index contributed by atoms with van der Waals surface area (Å²) in [4.78, 5) is 31.0. The van der Waals surface area contributed by atoms with E-state index in [1.54, 1.807) is 0 Å². The Balaban J connectivity index is -0.000000107. The maximum absolute atomic E-state index is 9.63. The summed E-state index contributed by atoms with van der Waals surface area (Å²) in [6, 6.07) is 0. The van der Waals surface area contributed by atoms with Crippen molar-refractivity contribution in [1.82, 2.24) is 0 Å². The van der Waals surface area contributed by atoms with Crippen LogP contribution >= 0.6 is 15.6 Å². The fourth-order valence-corrected chi connectivity index (χ4v) is 1.25. The zero-order valence-electron chi connectivity index (χ0n) is 4.91. The molecule has 0 aliphatic carbocycles. The summed E-state index contributed by atoms with van der Waals surface area (Å²) in [5, 5.41) is 0. The smallest absolute Gasteiger partial charge is 0 e. The van der Waals surface area contributed by atoms with Gasteiger partial charge < -0.3 is 19.6 Å². The molecule has 4 N–H and O–H groups in total. The second-order valence-corrected chi connectivity index (χ2v) is 3.68. The number of hydrogen-bond acceptors (Lipinski definition) is 3. The van der Waals surface area contributed by atoms with E-state index < -0.39 is 15.6 Å². The van der Waals surface area contributed by atoms with Crippen LogP contribution in [0.15, 0.2) is 0 Å². The third-order valence-electron chi connectivity index (χ3n) is 0.213. The molecule has 0 aliphatic heterocycles. The molecule has 0 aliphatic rings. The third-order valence-corrected chi connectivity index (χ3v) is 1.91. The van der Waals surface area contributed by atoms with Gasteiger partial charge in [-0.3, -0.25) is 0 Å². The summed E-state index contributed by atoms with van der Waals surface area (Å²) in [5.41, 5.74) is 0.